The molecule has 0 amide bonds. The van der Waals surface area contributed by atoms with Crippen molar-refractivity contribution in [3.05, 3.63) is 52.7 Å². The number of aliphatic carboxylic acids is 1. The van der Waals surface area contributed by atoms with E-state index in [1.54, 1.807) is 28.4 Å². The fourth-order valence-corrected chi connectivity index (χ4v) is 4.29. The number of rotatable bonds is 6. The largest absolute Gasteiger partial charge is 0.493 e. The van der Waals surface area contributed by atoms with Crippen LogP contribution in [0.1, 0.15) is 35.2 Å². The van der Waals surface area contributed by atoms with Crippen LogP contribution in [0, 0.1) is 0 Å². The van der Waals surface area contributed by atoms with Gasteiger partial charge in [-0.3, -0.25) is 9.35 Å². The lowest BCUT2D eigenvalue weighted by atomic mass is 9.89. The Morgan fingerprint density at radius 1 is 0.914 bits per heavy atom. The predicted molar refractivity (Wildman–Crippen MR) is 130 cm³/mol. The van der Waals surface area contributed by atoms with Gasteiger partial charge in [0.05, 0.1) is 34.5 Å². The fraction of sp³-hybridized carbons (Fsp3) is 0.292. The van der Waals surface area contributed by atoms with Gasteiger partial charge in [-0.1, -0.05) is 0 Å². The molecule has 0 saturated carbocycles. The van der Waals surface area contributed by atoms with Crippen molar-refractivity contribution in [3.8, 4) is 23.0 Å². The summed E-state index contributed by atoms with van der Waals surface area (Å²) in [6.07, 6.45) is 6.41. The molecular formula is C24H27NO9S. The van der Waals surface area contributed by atoms with E-state index in [1.807, 2.05) is 18.2 Å². The molecule has 0 aliphatic carbocycles. The van der Waals surface area contributed by atoms with E-state index in [0.717, 1.165) is 45.4 Å². The van der Waals surface area contributed by atoms with Crippen molar-refractivity contribution in [1.29, 1.82) is 0 Å². The van der Waals surface area contributed by atoms with Gasteiger partial charge in [0, 0.05) is 17.5 Å². The molecule has 10 nitrogen and oxygen atoms in total. The van der Waals surface area contributed by atoms with Gasteiger partial charge < -0.3 is 29.0 Å². The topological polar surface area (TPSA) is 132 Å². The van der Waals surface area contributed by atoms with Gasteiger partial charge in [-0.05, 0) is 60.0 Å². The van der Waals surface area contributed by atoms with E-state index in [1.165, 1.54) is 5.56 Å². The number of hydrogen-bond acceptors (Lipinski definition) is 8. The first kappa shape index (κ1) is 25.9. The molecule has 0 fully saturated rings. The molecule has 4 rings (SSSR count). The summed E-state index contributed by atoms with van der Waals surface area (Å²) in [5.41, 5.74) is 5.67. The first-order valence-corrected chi connectivity index (χ1v) is 12.0. The maximum atomic E-state index is 9.62. The van der Waals surface area contributed by atoms with Crippen LogP contribution in [0.2, 0.25) is 0 Å². The van der Waals surface area contributed by atoms with Crippen LogP contribution < -0.4 is 18.9 Å². The van der Waals surface area contributed by atoms with Gasteiger partial charge in [-0.25, -0.2) is 0 Å². The minimum atomic E-state index is -4.32. The number of ether oxygens (including phenoxy) is 4. The van der Waals surface area contributed by atoms with Crippen molar-refractivity contribution < 1.29 is 41.8 Å². The molecule has 2 aromatic rings. The normalized spacial score (nSPS) is 15.4. The fourth-order valence-electron chi connectivity index (χ4n) is 3.97. The second-order valence-corrected chi connectivity index (χ2v) is 9.13. The second-order valence-electron chi connectivity index (χ2n) is 7.68. The Kier molecular flexibility index (Phi) is 7.61. The molecule has 2 aliphatic rings. The van der Waals surface area contributed by atoms with Crippen molar-refractivity contribution in [2.24, 2.45) is 0 Å². The van der Waals surface area contributed by atoms with E-state index in [0.29, 0.717) is 0 Å². The monoisotopic (exact) mass is 505 g/mol. The Hall–Kier alpha value is -3.70. The molecule has 2 heterocycles. The highest BCUT2D eigenvalue weighted by Gasteiger charge is 2.30. The first-order chi connectivity index (χ1) is 16.5. The number of fused-ring (bicyclic) bond motifs is 4. The second kappa shape index (κ2) is 10.3. The van der Waals surface area contributed by atoms with Gasteiger partial charge in [-0.15, -0.1) is 0 Å². The van der Waals surface area contributed by atoms with Crippen molar-refractivity contribution in [3.63, 3.8) is 0 Å². The Bertz CT molecular complexity index is 1300. The van der Waals surface area contributed by atoms with Gasteiger partial charge >= 0.3 is 5.97 Å². The van der Waals surface area contributed by atoms with Crippen LogP contribution >= 0.6 is 0 Å². The molecular weight excluding hydrogens is 478 g/mol. The van der Waals surface area contributed by atoms with Crippen LogP contribution in [0.3, 0.4) is 0 Å². The summed E-state index contributed by atoms with van der Waals surface area (Å²) in [6.45, 7) is 2.19. The van der Waals surface area contributed by atoms with Gasteiger partial charge in [-0.2, -0.15) is 8.42 Å². The minimum Gasteiger partial charge on any atom is -0.493 e. The van der Waals surface area contributed by atoms with Crippen molar-refractivity contribution in [1.82, 2.24) is 4.90 Å². The third-order valence-corrected chi connectivity index (χ3v) is 6.19. The van der Waals surface area contributed by atoms with Crippen LogP contribution in [0.5, 0.6) is 23.0 Å². The van der Waals surface area contributed by atoms with E-state index in [-0.39, 0.29) is 6.04 Å². The molecule has 2 aliphatic heterocycles. The average molecular weight is 506 g/mol. The third-order valence-electron chi connectivity index (χ3n) is 5.58. The van der Waals surface area contributed by atoms with Gasteiger partial charge in [0.25, 0.3) is 10.1 Å². The summed E-state index contributed by atoms with van der Waals surface area (Å²) in [7, 11) is 2.31. The smallest absolute Gasteiger partial charge is 0.321 e. The highest BCUT2D eigenvalue weighted by atomic mass is 32.2. The van der Waals surface area contributed by atoms with Crippen LogP contribution in [0.4, 0.5) is 0 Å². The standard InChI is InChI=1S/C22H23NO4.C2H4O5S/c1-13-16-11-21(26-4)20(25-3)10-15(16)8-18-17-12-22(27-5)19(24-2)9-14(17)6-7-23(13)18;3-2(4)1-8(5,6)7/h6-13H,1-5H3;1H2,(H,3,4)(H,5,6,7). The highest BCUT2D eigenvalue weighted by Crippen LogP contribution is 2.47. The molecule has 11 heteroatoms. The van der Waals surface area contributed by atoms with E-state index in [2.05, 4.69) is 36.2 Å². The van der Waals surface area contributed by atoms with Gasteiger partial charge in [0.1, 0.15) is 0 Å². The SMILES string of the molecule is COc1cc2c(cc1OC)C1=Cc3cc(OC)c(OC)cc3C(C)N1C=C2.O=C(O)CS(=O)(=O)O. The number of carboxylic acids is 1. The van der Waals surface area contributed by atoms with E-state index >= 15 is 0 Å². The Balaban J connectivity index is 0.000000371. The van der Waals surface area contributed by atoms with E-state index in [9.17, 15) is 13.2 Å². The Morgan fingerprint density at radius 2 is 1.43 bits per heavy atom. The first-order valence-electron chi connectivity index (χ1n) is 10.4. The minimum absolute atomic E-state index is 0.164. The number of carbonyl (C=O) groups is 1. The number of hydrogen-bond donors (Lipinski definition) is 2. The van der Waals surface area contributed by atoms with Crippen molar-refractivity contribution in [2.75, 3.05) is 34.2 Å². The molecule has 0 bridgehead atoms. The molecule has 1 unspecified atom stereocenters. The molecule has 2 aromatic carbocycles. The van der Waals surface area contributed by atoms with Crippen LogP contribution in [-0.4, -0.2) is 63.1 Å². The third kappa shape index (κ3) is 5.52. The molecule has 35 heavy (non-hydrogen) atoms. The maximum Gasteiger partial charge on any atom is 0.321 e. The summed E-state index contributed by atoms with van der Waals surface area (Å²) >= 11 is 0. The summed E-state index contributed by atoms with van der Waals surface area (Å²) < 4.78 is 49.0. The highest BCUT2D eigenvalue weighted by molar-refractivity contribution is 7.86. The molecule has 0 saturated heterocycles. The molecule has 0 aromatic heterocycles. The van der Waals surface area contributed by atoms with E-state index < -0.39 is 21.8 Å². The summed E-state index contributed by atoms with van der Waals surface area (Å²) in [4.78, 5) is 11.7. The van der Waals surface area contributed by atoms with Crippen LogP contribution in [-0.2, 0) is 14.9 Å². The zero-order chi connectivity index (χ0) is 25.9. The number of methoxy groups -OCH3 is 4. The summed E-state index contributed by atoms with van der Waals surface area (Å²) in [5.74, 6) is 0.129. The zero-order valence-corrected chi connectivity index (χ0v) is 20.8. The average Bonchev–Trinajstić information content (AvgIpc) is 2.81. The van der Waals surface area contributed by atoms with Crippen molar-refractivity contribution in [2.45, 2.75) is 13.0 Å². The number of carboxylic acid groups (broad SMARTS) is 1. The number of benzene rings is 2. The molecule has 0 radical (unpaired) electrons. The zero-order valence-electron chi connectivity index (χ0n) is 19.9. The van der Waals surface area contributed by atoms with Gasteiger partial charge in [0.2, 0.25) is 0 Å². The lowest BCUT2D eigenvalue weighted by Crippen LogP contribution is -2.26. The summed E-state index contributed by atoms with van der Waals surface area (Å²) in [6, 6.07) is 8.31. The Labute approximate surface area is 203 Å². The Morgan fingerprint density at radius 3 is 1.91 bits per heavy atom. The summed E-state index contributed by atoms with van der Waals surface area (Å²) in [5, 5.41) is 7.71. The molecule has 0 spiro atoms. The van der Waals surface area contributed by atoms with Gasteiger partial charge in [0.15, 0.2) is 28.8 Å². The van der Waals surface area contributed by atoms with Crippen LogP contribution in [0.15, 0.2) is 30.5 Å². The van der Waals surface area contributed by atoms with E-state index in [4.69, 9.17) is 28.6 Å². The molecule has 2 N–H and O–H groups in total. The lowest BCUT2D eigenvalue weighted by molar-refractivity contribution is -0.134. The maximum absolute atomic E-state index is 9.62. The van der Waals surface area contributed by atoms with Crippen LogP contribution in [0.25, 0.3) is 17.8 Å². The predicted octanol–water partition coefficient (Wildman–Crippen LogP) is 3.54. The quantitative estimate of drug-likeness (QED) is 0.562. The number of nitrogens with zero attached hydrogens (tertiary/aromatic N) is 1. The molecule has 1 atom stereocenters. The van der Waals surface area contributed by atoms with Crippen molar-refractivity contribution >= 4 is 33.9 Å². The lowest BCUT2D eigenvalue weighted by Gasteiger charge is -2.38. The molecule has 188 valence electrons.